The topological polar surface area (TPSA) is 87.4 Å². The van der Waals surface area contributed by atoms with Gasteiger partial charge in [0.25, 0.3) is 5.91 Å². The van der Waals surface area contributed by atoms with Crippen molar-refractivity contribution in [3.63, 3.8) is 0 Å². The van der Waals surface area contributed by atoms with Crippen molar-refractivity contribution in [1.29, 1.82) is 0 Å². The molecule has 2 aromatic carbocycles. The molecule has 2 unspecified atom stereocenters. The van der Waals surface area contributed by atoms with E-state index in [-0.39, 0.29) is 35.9 Å². The average Bonchev–Trinajstić information content (AvgIpc) is 2.80. The molecule has 3 aromatic rings. The van der Waals surface area contributed by atoms with Gasteiger partial charge in [-0.2, -0.15) is 0 Å². The van der Waals surface area contributed by atoms with E-state index in [4.69, 9.17) is 23.4 Å². The predicted molar refractivity (Wildman–Crippen MR) is 122 cm³/mol. The summed E-state index contributed by atoms with van der Waals surface area (Å²) >= 11 is 0. The molecule has 2 atom stereocenters. The fourth-order valence-corrected chi connectivity index (χ4v) is 3.80. The van der Waals surface area contributed by atoms with E-state index < -0.39 is 0 Å². The number of rotatable bonds is 7. The van der Waals surface area contributed by atoms with Gasteiger partial charge in [0.1, 0.15) is 17.6 Å². The average molecular weight is 453 g/mol. The van der Waals surface area contributed by atoms with Crippen LogP contribution < -0.4 is 19.6 Å². The van der Waals surface area contributed by atoms with Crippen molar-refractivity contribution >= 4 is 16.9 Å². The summed E-state index contributed by atoms with van der Waals surface area (Å²) in [5, 5.41) is 0.343. The number of carbonyl (C=O) groups is 1. The largest absolute Gasteiger partial charge is 0.490 e. The Morgan fingerprint density at radius 3 is 2.48 bits per heavy atom. The Hall–Kier alpha value is -3.52. The summed E-state index contributed by atoms with van der Waals surface area (Å²) in [6.07, 6.45) is 1.24. The zero-order chi connectivity index (χ0) is 23.4. The van der Waals surface area contributed by atoms with Gasteiger partial charge in [-0.05, 0) is 45.0 Å². The molecule has 0 radical (unpaired) electrons. The summed E-state index contributed by atoms with van der Waals surface area (Å²) in [6.45, 7) is 7.19. The van der Waals surface area contributed by atoms with Crippen LogP contribution in [0.4, 0.5) is 0 Å². The highest BCUT2D eigenvalue weighted by molar-refractivity contribution is 5.80. The van der Waals surface area contributed by atoms with Gasteiger partial charge in [0, 0.05) is 19.2 Å². The standard InChI is InChI=1S/C25H27NO7/c1-4-29-20-7-5-6-8-21(20)33-23-14-31-22-11-18(9-10-19(22)25(23)28)30-15-24(27)26-12-16(2)32-17(3)13-26/h5-11,14,16-17H,4,12-13,15H2,1-3H3. The lowest BCUT2D eigenvalue weighted by molar-refractivity contribution is -0.145. The molecule has 4 rings (SSSR count). The van der Waals surface area contributed by atoms with E-state index in [1.165, 1.54) is 6.26 Å². The first-order chi connectivity index (χ1) is 15.9. The second-order valence-corrected chi connectivity index (χ2v) is 7.91. The van der Waals surface area contributed by atoms with E-state index in [0.29, 0.717) is 47.9 Å². The summed E-state index contributed by atoms with van der Waals surface area (Å²) in [5.41, 5.74) is 0.0190. The Balaban J connectivity index is 1.47. The normalized spacial score (nSPS) is 18.2. The minimum Gasteiger partial charge on any atom is -0.490 e. The van der Waals surface area contributed by atoms with Crippen molar-refractivity contribution in [2.75, 3.05) is 26.3 Å². The second kappa shape index (κ2) is 9.95. The maximum Gasteiger partial charge on any atom is 0.260 e. The van der Waals surface area contributed by atoms with Gasteiger partial charge in [0.15, 0.2) is 18.1 Å². The summed E-state index contributed by atoms with van der Waals surface area (Å²) in [6, 6.07) is 11.9. The smallest absolute Gasteiger partial charge is 0.260 e. The van der Waals surface area contributed by atoms with E-state index in [1.807, 2.05) is 26.8 Å². The summed E-state index contributed by atoms with van der Waals surface area (Å²) < 4.78 is 28.3. The molecular formula is C25H27NO7. The molecule has 0 N–H and O–H groups in total. The quantitative estimate of drug-likeness (QED) is 0.534. The molecule has 1 aliphatic heterocycles. The molecule has 0 spiro atoms. The molecule has 0 saturated carbocycles. The van der Waals surface area contributed by atoms with Crippen LogP contribution in [0.2, 0.25) is 0 Å². The molecule has 33 heavy (non-hydrogen) atoms. The van der Waals surface area contributed by atoms with E-state index in [2.05, 4.69) is 0 Å². The van der Waals surface area contributed by atoms with E-state index in [1.54, 1.807) is 41.3 Å². The number of morpholine rings is 1. The van der Waals surface area contributed by atoms with Gasteiger partial charge in [-0.1, -0.05) is 12.1 Å². The summed E-state index contributed by atoms with van der Waals surface area (Å²) in [4.78, 5) is 27.2. The third-order valence-electron chi connectivity index (χ3n) is 5.22. The number of amides is 1. The molecule has 1 aromatic heterocycles. The van der Waals surface area contributed by atoms with Crippen LogP contribution in [0.5, 0.6) is 23.0 Å². The molecule has 1 aliphatic rings. The van der Waals surface area contributed by atoms with Crippen molar-refractivity contribution in [1.82, 2.24) is 4.90 Å². The number of ether oxygens (including phenoxy) is 4. The molecule has 0 aliphatic carbocycles. The predicted octanol–water partition coefficient (Wildman–Crippen LogP) is 4.00. The first-order valence-corrected chi connectivity index (χ1v) is 11.0. The van der Waals surface area contributed by atoms with E-state index in [9.17, 15) is 9.59 Å². The molecule has 8 nitrogen and oxygen atoms in total. The van der Waals surface area contributed by atoms with Gasteiger partial charge in [-0.3, -0.25) is 9.59 Å². The number of hydrogen-bond donors (Lipinski definition) is 0. The van der Waals surface area contributed by atoms with Gasteiger partial charge in [0.05, 0.1) is 24.2 Å². The lowest BCUT2D eigenvalue weighted by atomic mass is 10.2. The van der Waals surface area contributed by atoms with Gasteiger partial charge in [0.2, 0.25) is 11.2 Å². The number of hydrogen-bond acceptors (Lipinski definition) is 7. The van der Waals surface area contributed by atoms with Crippen LogP contribution in [0.1, 0.15) is 20.8 Å². The zero-order valence-corrected chi connectivity index (χ0v) is 18.9. The van der Waals surface area contributed by atoms with E-state index in [0.717, 1.165) is 0 Å². The van der Waals surface area contributed by atoms with Gasteiger partial charge < -0.3 is 28.3 Å². The molecular weight excluding hydrogens is 426 g/mol. The number of fused-ring (bicyclic) bond motifs is 1. The molecule has 174 valence electrons. The zero-order valence-electron chi connectivity index (χ0n) is 18.9. The fourth-order valence-electron chi connectivity index (χ4n) is 3.80. The maximum absolute atomic E-state index is 12.9. The van der Waals surface area contributed by atoms with E-state index >= 15 is 0 Å². The Bertz CT molecular complexity index is 1180. The molecule has 1 fully saturated rings. The van der Waals surface area contributed by atoms with Gasteiger partial charge in [-0.25, -0.2) is 0 Å². The minimum atomic E-state index is -0.318. The SMILES string of the molecule is CCOc1ccccc1Oc1coc2cc(OCC(=O)N3CC(C)OC(C)C3)ccc2c1=O. The third kappa shape index (κ3) is 5.28. The Morgan fingerprint density at radius 2 is 1.76 bits per heavy atom. The van der Waals surface area contributed by atoms with Crippen molar-refractivity contribution in [3.05, 3.63) is 59.0 Å². The molecule has 1 saturated heterocycles. The van der Waals surface area contributed by atoms with Crippen molar-refractivity contribution in [2.24, 2.45) is 0 Å². The second-order valence-electron chi connectivity index (χ2n) is 7.91. The minimum absolute atomic E-state index is 0.00967. The first kappa shape index (κ1) is 22.7. The van der Waals surface area contributed by atoms with Crippen LogP contribution >= 0.6 is 0 Å². The molecule has 0 bridgehead atoms. The van der Waals surface area contributed by atoms with Gasteiger partial charge >= 0.3 is 0 Å². The van der Waals surface area contributed by atoms with Crippen molar-refractivity contribution < 1.29 is 28.2 Å². The fraction of sp³-hybridized carbons (Fsp3) is 0.360. The van der Waals surface area contributed by atoms with Gasteiger partial charge in [-0.15, -0.1) is 0 Å². The summed E-state index contributed by atoms with van der Waals surface area (Å²) in [7, 11) is 0. The molecule has 2 heterocycles. The highest BCUT2D eigenvalue weighted by Gasteiger charge is 2.26. The number of para-hydroxylation sites is 2. The number of carbonyl (C=O) groups excluding carboxylic acids is 1. The van der Waals surface area contributed by atoms with Crippen LogP contribution in [-0.4, -0.2) is 49.3 Å². The van der Waals surface area contributed by atoms with Crippen LogP contribution in [-0.2, 0) is 9.53 Å². The first-order valence-electron chi connectivity index (χ1n) is 11.0. The van der Waals surface area contributed by atoms with Crippen LogP contribution in [0.15, 0.2) is 57.9 Å². The number of nitrogens with zero attached hydrogens (tertiary/aromatic N) is 1. The molecule has 8 heteroatoms. The Kier molecular flexibility index (Phi) is 6.84. The Labute approximate surface area is 191 Å². The Morgan fingerprint density at radius 1 is 1.03 bits per heavy atom. The summed E-state index contributed by atoms with van der Waals surface area (Å²) in [5.74, 6) is 1.33. The lowest BCUT2D eigenvalue weighted by Gasteiger charge is -2.35. The van der Waals surface area contributed by atoms with Crippen LogP contribution in [0.3, 0.4) is 0 Å². The highest BCUT2D eigenvalue weighted by Crippen LogP contribution is 2.31. The maximum atomic E-state index is 12.9. The van der Waals surface area contributed by atoms with Crippen molar-refractivity contribution in [2.45, 2.75) is 33.0 Å². The van der Waals surface area contributed by atoms with Crippen LogP contribution in [0, 0.1) is 0 Å². The third-order valence-corrected chi connectivity index (χ3v) is 5.22. The highest BCUT2D eigenvalue weighted by atomic mass is 16.5. The van der Waals surface area contributed by atoms with Crippen molar-refractivity contribution in [3.8, 4) is 23.0 Å². The number of benzene rings is 2. The monoisotopic (exact) mass is 453 g/mol. The lowest BCUT2D eigenvalue weighted by Crippen LogP contribution is -2.49. The van der Waals surface area contributed by atoms with Crippen LogP contribution in [0.25, 0.3) is 11.0 Å². The molecule has 1 amide bonds.